The molecule has 6 rings (SSSR count). The van der Waals surface area contributed by atoms with Crippen molar-refractivity contribution in [1.29, 1.82) is 0 Å². The summed E-state index contributed by atoms with van der Waals surface area (Å²) >= 11 is 0. The van der Waals surface area contributed by atoms with Crippen LogP contribution in [-0.4, -0.2) is 84.4 Å². The van der Waals surface area contributed by atoms with Gasteiger partial charge >= 0.3 is 12.1 Å². The van der Waals surface area contributed by atoms with E-state index in [4.69, 9.17) is 4.74 Å². The zero-order chi connectivity index (χ0) is 34.9. The molecule has 3 aromatic rings. The topological polar surface area (TPSA) is 173 Å². The number of carboxylic acids is 1. The molecular weight excluding hydrogens is 628 g/mol. The molecule has 1 saturated carbocycles. The first-order chi connectivity index (χ1) is 23.3. The van der Waals surface area contributed by atoms with Crippen LogP contribution in [0.25, 0.3) is 11.0 Å². The predicted molar refractivity (Wildman–Crippen MR) is 179 cm³/mol. The number of benzene rings is 2. The second-order valence-corrected chi connectivity index (χ2v) is 14.2. The summed E-state index contributed by atoms with van der Waals surface area (Å²) in [5.41, 5.74) is -0.236. The van der Waals surface area contributed by atoms with Crippen molar-refractivity contribution in [2.45, 2.75) is 95.0 Å². The molecule has 0 unspecified atom stereocenters. The molecule has 1 aliphatic carbocycles. The van der Waals surface area contributed by atoms with Gasteiger partial charge in [0.1, 0.15) is 34.3 Å². The van der Waals surface area contributed by atoms with Gasteiger partial charge in [0.2, 0.25) is 11.8 Å². The van der Waals surface area contributed by atoms with E-state index in [1.807, 2.05) is 18.2 Å². The van der Waals surface area contributed by atoms with Crippen molar-refractivity contribution in [3.05, 3.63) is 71.8 Å². The van der Waals surface area contributed by atoms with Crippen LogP contribution in [-0.2, 0) is 19.1 Å². The van der Waals surface area contributed by atoms with Gasteiger partial charge in [0.05, 0.1) is 6.04 Å². The highest BCUT2D eigenvalue weighted by Gasteiger charge is 2.61. The molecule has 5 atom stereocenters. The van der Waals surface area contributed by atoms with Crippen LogP contribution in [0.1, 0.15) is 87.7 Å². The highest BCUT2D eigenvalue weighted by atomic mass is 16.6. The summed E-state index contributed by atoms with van der Waals surface area (Å²) in [4.78, 5) is 69.5. The Balaban J connectivity index is 1.30. The number of carboxylic acid groups (broad SMARTS) is 1. The van der Waals surface area contributed by atoms with Crippen LogP contribution in [0.3, 0.4) is 0 Å². The van der Waals surface area contributed by atoms with Crippen LogP contribution in [0.5, 0.6) is 0 Å². The molecule has 49 heavy (non-hydrogen) atoms. The molecule has 3 aliphatic rings. The minimum atomic E-state index is -1.45. The Morgan fingerprint density at radius 3 is 2.49 bits per heavy atom. The largest absolute Gasteiger partial charge is 0.479 e. The number of nitrogens with zero attached hydrogens (tertiary/aromatic N) is 4. The molecule has 258 valence electrons. The number of hydrogen-bond donors (Lipinski definition) is 3. The number of ether oxygens (including phenoxy) is 1. The molecule has 2 aliphatic heterocycles. The summed E-state index contributed by atoms with van der Waals surface area (Å²) in [6.07, 6.45) is 6.78. The number of carbonyl (C=O) groups is 5. The average molecular weight is 671 g/mol. The summed E-state index contributed by atoms with van der Waals surface area (Å²) < 4.78 is 5.46. The number of carbonyl (C=O) groups excluding carboxylic acids is 4. The smallest absolute Gasteiger partial charge is 0.408 e. The van der Waals surface area contributed by atoms with E-state index in [0.717, 1.165) is 19.3 Å². The Morgan fingerprint density at radius 2 is 1.76 bits per heavy atom. The van der Waals surface area contributed by atoms with Crippen LogP contribution in [0.4, 0.5) is 4.79 Å². The number of alkyl carbamates (subject to hydrolysis) is 1. The Morgan fingerprint density at radius 1 is 1.00 bits per heavy atom. The van der Waals surface area contributed by atoms with Crippen molar-refractivity contribution in [2.24, 2.45) is 5.92 Å². The standard InChI is InChI=1S/C36H42N6O7/c1-35(2,3)49-34(48)37-27-15-11-6-4-5-10-14-24-20-36(24,33(46)47)38-31(44)29-19-25(21-41(29)32(27)45)42-39-26-17-16-23(18-28(26)40-42)30(43)22-12-8-7-9-13-22/h7-10,12-14,16-18,24-25,27,29H,4-6,11,15,19-21H2,1-3H3,(H,37,48)(H,38,44)(H,46,47)/b14-10-/t24-,25+,27+,29+,36-/m1/s1. The van der Waals surface area contributed by atoms with E-state index in [0.29, 0.717) is 35.0 Å². The molecule has 2 aromatic carbocycles. The van der Waals surface area contributed by atoms with Gasteiger partial charge in [0.25, 0.3) is 0 Å². The van der Waals surface area contributed by atoms with E-state index in [-0.39, 0.29) is 31.1 Å². The Hall–Kier alpha value is -5.07. The number of nitrogens with one attached hydrogen (secondary N) is 2. The molecule has 1 saturated heterocycles. The van der Waals surface area contributed by atoms with Crippen LogP contribution in [0, 0.1) is 5.92 Å². The average Bonchev–Trinajstić information content (AvgIpc) is 3.37. The zero-order valence-corrected chi connectivity index (χ0v) is 27.9. The minimum absolute atomic E-state index is 0.0453. The number of aromatic nitrogens is 3. The van der Waals surface area contributed by atoms with Crippen LogP contribution >= 0.6 is 0 Å². The Labute approximate surface area is 284 Å². The second-order valence-electron chi connectivity index (χ2n) is 14.2. The molecule has 3 heterocycles. The molecule has 0 radical (unpaired) electrons. The fourth-order valence-corrected chi connectivity index (χ4v) is 6.69. The molecule has 3 amide bonds. The Kier molecular flexibility index (Phi) is 9.28. The van der Waals surface area contributed by atoms with E-state index in [9.17, 15) is 29.1 Å². The summed E-state index contributed by atoms with van der Waals surface area (Å²) in [6, 6.07) is 11.4. The van der Waals surface area contributed by atoms with E-state index < -0.39 is 53.1 Å². The quantitative estimate of drug-likeness (QED) is 0.266. The number of aliphatic carboxylic acids is 1. The van der Waals surface area contributed by atoms with Gasteiger partial charge in [-0.25, -0.2) is 9.59 Å². The van der Waals surface area contributed by atoms with Crippen LogP contribution in [0.2, 0.25) is 0 Å². The minimum Gasteiger partial charge on any atom is -0.479 e. The molecule has 1 aromatic heterocycles. The first-order valence-corrected chi connectivity index (χ1v) is 16.8. The third-order valence-electron chi connectivity index (χ3n) is 9.35. The number of hydrogen-bond acceptors (Lipinski definition) is 8. The second kappa shape index (κ2) is 13.4. The van der Waals surface area contributed by atoms with Gasteiger partial charge in [-0.1, -0.05) is 55.3 Å². The van der Waals surface area contributed by atoms with Gasteiger partial charge in [-0.3, -0.25) is 14.4 Å². The molecule has 13 heteroatoms. The molecule has 13 nitrogen and oxygen atoms in total. The van der Waals surface area contributed by atoms with Gasteiger partial charge < -0.3 is 25.4 Å². The third kappa shape index (κ3) is 7.35. The van der Waals surface area contributed by atoms with Crippen molar-refractivity contribution < 1.29 is 33.8 Å². The first kappa shape index (κ1) is 33.8. The summed E-state index contributed by atoms with van der Waals surface area (Å²) in [6.45, 7) is 5.24. The van der Waals surface area contributed by atoms with Crippen LogP contribution in [0.15, 0.2) is 60.7 Å². The SMILES string of the molecule is CC(C)(C)OC(=O)N[C@H]1CCCCC/C=C\[C@@H]2C[C@@]2(C(=O)O)NC(=O)[C@@H]2C[C@H](n3nc4ccc(C(=O)c5ccccc5)cc4n3)CN2C1=O. The highest BCUT2D eigenvalue weighted by Crippen LogP contribution is 2.45. The van der Waals surface area contributed by atoms with E-state index in [1.54, 1.807) is 63.2 Å². The monoisotopic (exact) mass is 670 g/mol. The fourth-order valence-electron chi connectivity index (χ4n) is 6.69. The molecule has 0 spiro atoms. The maximum Gasteiger partial charge on any atom is 0.408 e. The lowest BCUT2D eigenvalue weighted by molar-refractivity contribution is -0.145. The third-order valence-corrected chi connectivity index (χ3v) is 9.35. The first-order valence-electron chi connectivity index (χ1n) is 16.8. The summed E-state index contributed by atoms with van der Waals surface area (Å²) in [7, 11) is 0. The molecule has 0 bridgehead atoms. The number of amides is 3. The predicted octanol–water partition coefficient (Wildman–Crippen LogP) is 4.18. The van der Waals surface area contributed by atoms with Crippen molar-refractivity contribution >= 4 is 40.7 Å². The van der Waals surface area contributed by atoms with Crippen molar-refractivity contribution in [2.75, 3.05) is 6.54 Å². The van der Waals surface area contributed by atoms with Crippen molar-refractivity contribution in [3.8, 4) is 0 Å². The summed E-state index contributed by atoms with van der Waals surface area (Å²) in [5, 5.41) is 24.9. The molecule has 3 N–H and O–H groups in total. The van der Waals surface area contributed by atoms with E-state index in [2.05, 4.69) is 20.8 Å². The Bertz CT molecular complexity index is 1800. The van der Waals surface area contributed by atoms with Gasteiger partial charge in [0.15, 0.2) is 5.78 Å². The fraction of sp³-hybridized carbons (Fsp3) is 0.472. The number of rotatable bonds is 5. The highest BCUT2D eigenvalue weighted by molar-refractivity contribution is 6.10. The maximum atomic E-state index is 14.3. The summed E-state index contributed by atoms with van der Waals surface area (Å²) in [5.74, 6) is -2.70. The number of ketones is 1. The van der Waals surface area contributed by atoms with Gasteiger partial charge in [-0.2, -0.15) is 15.0 Å². The van der Waals surface area contributed by atoms with Crippen LogP contribution < -0.4 is 10.6 Å². The lowest BCUT2D eigenvalue weighted by atomic mass is 10.0. The lowest BCUT2D eigenvalue weighted by Gasteiger charge is -2.30. The number of allylic oxidation sites excluding steroid dienone is 1. The van der Waals surface area contributed by atoms with Crippen molar-refractivity contribution in [3.63, 3.8) is 0 Å². The van der Waals surface area contributed by atoms with E-state index in [1.165, 1.54) is 9.70 Å². The normalized spacial score (nSPS) is 26.8. The van der Waals surface area contributed by atoms with Gasteiger partial charge in [-0.15, -0.1) is 0 Å². The van der Waals surface area contributed by atoms with Gasteiger partial charge in [-0.05, 0) is 64.7 Å². The van der Waals surface area contributed by atoms with Crippen molar-refractivity contribution in [1.82, 2.24) is 30.5 Å². The zero-order valence-electron chi connectivity index (χ0n) is 27.9. The lowest BCUT2D eigenvalue weighted by Crippen LogP contribution is -2.56. The maximum absolute atomic E-state index is 14.3. The van der Waals surface area contributed by atoms with Gasteiger partial charge in [0, 0.05) is 30.0 Å². The molecular formula is C36H42N6O7. The van der Waals surface area contributed by atoms with E-state index >= 15 is 0 Å². The molecule has 2 fully saturated rings. The number of fused-ring (bicyclic) bond motifs is 3.